The molecule has 0 unspecified atom stereocenters. The van der Waals surface area contributed by atoms with Gasteiger partial charge in [0.2, 0.25) is 5.91 Å². The first-order chi connectivity index (χ1) is 12.6. The van der Waals surface area contributed by atoms with E-state index < -0.39 is 0 Å². The van der Waals surface area contributed by atoms with Crippen molar-refractivity contribution in [2.24, 2.45) is 5.73 Å². The summed E-state index contributed by atoms with van der Waals surface area (Å²) >= 11 is 0. The highest BCUT2D eigenvalue weighted by molar-refractivity contribution is 6.03. The number of rotatable bonds is 9. The molecule has 1 fully saturated rings. The Balaban J connectivity index is 0.00000364. The highest BCUT2D eigenvalue weighted by atomic mass is 35.5. The smallest absolute Gasteiger partial charge is 0.255 e. The molecule has 0 aromatic heterocycles. The van der Waals surface area contributed by atoms with Crippen LogP contribution in [0, 0.1) is 0 Å². The molecule has 1 aromatic rings. The van der Waals surface area contributed by atoms with Crippen molar-refractivity contribution in [2.75, 3.05) is 18.9 Å². The van der Waals surface area contributed by atoms with Crippen molar-refractivity contribution in [1.82, 2.24) is 4.90 Å². The molecule has 0 saturated heterocycles. The number of nitrogens with one attached hydrogen (secondary N) is 1. The fourth-order valence-electron chi connectivity index (χ4n) is 3.60. The molecule has 0 spiro atoms. The quantitative estimate of drug-likeness (QED) is 0.610. The van der Waals surface area contributed by atoms with E-state index in [1.54, 1.807) is 6.07 Å². The molecule has 5 nitrogen and oxygen atoms in total. The van der Waals surface area contributed by atoms with E-state index in [1.165, 1.54) is 19.3 Å². The van der Waals surface area contributed by atoms with Crippen molar-refractivity contribution in [3.63, 3.8) is 0 Å². The molecule has 2 rings (SSSR count). The van der Waals surface area contributed by atoms with Gasteiger partial charge in [-0.2, -0.15) is 0 Å². The van der Waals surface area contributed by atoms with E-state index in [4.69, 9.17) is 5.73 Å². The van der Waals surface area contributed by atoms with Gasteiger partial charge >= 0.3 is 0 Å². The van der Waals surface area contributed by atoms with Gasteiger partial charge < -0.3 is 16.0 Å². The summed E-state index contributed by atoms with van der Waals surface area (Å²) in [7, 11) is 1.88. The normalized spacial score (nSPS) is 14.3. The predicted molar refractivity (Wildman–Crippen MR) is 113 cm³/mol. The summed E-state index contributed by atoms with van der Waals surface area (Å²) in [6.45, 7) is 0.705. The second kappa shape index (κ2) is 12.7. The number of unbranched alkanes of at least 4 members (excludes halogenated alkanes) is 3. The number of para-hydroxylation sites is 1. The summed E-state index contributed by atoms with van der Waals surface area (Å²) in [5.41, 5.74) is 6.68. The van der Waals surface area contributed by atoms with Crippen LogP contribution in [0.2, 0.25) is 0 Å². The largest absolute Gasteiger partial charge is 0.339 e. The summed E-state index contributed by atoms with van der Waals surface area (Å²) < 4.78 is 0. The Kier molecular flexibility index (Phi) is 11.1. The molecule has 0 heterocycles. The van der Waals surface area contributed by atoms with E-state index >= 15 is 0 Å². The topological polar surface area (TPSA) is 75.4 Å². The predicted octanol–water partition coefficient (Wildman–Crippen LogP) is 4.36. The van der Waals surface area contributed by atoms with Crippen LogP contribution < -0.4 is 11.1 Å². The van der Waals surface area contributed by atoms with E-state index in [9.17, 15) is 9.59 Å². The van der Waals surface area contributed by atoms with Gasteiger partial charge in [-0.1, -0.05) is 44.2 Å². The van der Waals surface area contributed by atoms with Gasteiger partial charge in [0.1, 0.15) is 0 Å². The third kappa shape index (κ3) is 7.51. The fourth-order valence-corrected chi connectivity index (χ4v) is 3.60. The molecule has 1 aliphatic carbocycles. The van der Waals surface area contributed by atoms with Crippen LogP contribution in [0.5, 0.6) is 0 Å². The second-order valence-corrected chi connectivity index (χ2v) is 7.25. The average molecular weight is 396 g/mol. The zero-order valence-electron chi connectivity index (χ0n) is 16.4. The molecule has 1 aromatic carbocycles. The number of nitrogens with zero attached hydrogens (tertiary/aromatic N) is 1. The van der Waals surface area contributed by atoms with E-state index in [-0.39, 0.29) is 24.2 Å². The number of nitrogens with two attached hydrogens (primary N) is 1. The first kappa shape index (κ1) is 23.4. The number of halogens is 1. The summed E-state index contributed by atoms with van der Waals surface area (Å²) in [5.74, 6) is -0.0333. The molecule has 0 aliphatic heterocycles. The van der Waals surface area contributed by atoms with Crippen LogP contribution in [0.25, 0.3) is 0 Å². The Morgan fingerprint density at radius 1 is 1.07 bits per heavy atom. The van der Waals surface area contributed by atoms with Crippen LogP contribution in [0.15, 0.2) is 24.3 Å². The number of hydrogen-bond acceptors (Lipinski definition) is 3. The van der Waals surface area contributed by atoms with Gasteiger partial charge in [0.25, 0.3) is 5.91 Å². The minimum absolute atomic E-state index is 0. The number of benzene rings is 1. The summed E-state index contributed by atoms with van der Waals surface area (Å²) in [4.78, 5) is 27.0. The van der Waals surface area contributed by atoms with Gasteiger partial charge in [0.05, 0.1) is 11.3 Å². The SMILES string of the molecule is CN(C(=O)c1ccccc1NC(=O)CCCCCCN)C1CCCCC1.Cl. The minimum Gasteiger partial charge on any atom is -0.339 e. The van der Waals surface area contributed by atoms with Crippen molar-refractivity contribution < 1.29 is 9.59 Å². The Bertz CT molecular complexity index is 589. The first-order valence-corrected chi connectivity index (χ1v) is 9.99. The molecule has 2 amide bonds. The average Bonchev–Trinajstić information content (AvgIpc) is 2.68. The molecule has 1 saturated carbocycles. The first-order valence-electron chi connectivity index (χ1n) is 9.99. The summed E-state index contributed by atoms with van der Waals surface area (Å²) in [6, 6.07) is 7.63. The minimum atomic E-state index is -0.0293. The van der Waals surface area contributed by atoms with Crippen molar-refractivity contribution in [3.05, 3.63) is 29.8 Å². The maximum atomic E-state index is 12.9. The molecular formula is C21H34ClN3O2. The van der Waals surface area contributed by atoms with Crippen LogP contribution >= 0.6 is 12.4 Å². The maximum absolute atomic E-state index is 12.9. The van der Waals surface area contributed by atoms with E-state index in [2.05, 4.69) is 5.32 Å². The van der Waals surface area contributed by atoms with Crippen LogP contribution in [0.1, 0.15) is 74.6 Å². The zero-order chi connectivity index (χ0) is 18.8. The lowest BCUT2D eigenvalue weighted by Crippen LogP contribution is -2.38. The third-order valence-corrected chi connectivity index (χ3v) is 5.23. The molecule has 0 radical (unpaired) electrons. The second-order valence-electron chi connectivity index (χ2n) is 7.25. The Morgan fingerprint density at radius 3 is 2.44 bits per heavy atom. The van der Waals surface area contributed by atoms with E-state index in [0.29, 0.717) is 30.3 Å². The van der Waals surface area contributed by atoms with E-state index in [1.807, 2.05) is 30.1 Å². The monoisotopic (exact) mass is 395 g/mol. The molecule has 27 heavy (non-hydrogen) atoms. The summed E-state index contributed by atoms with van der Waals surface area (Å²) in [5, 5.41) is 2.93. The lowest BCUT2D eigenvalue weighted by molar-refractivity contribution is -0.116. The van der Waals surface area contributed by atoms with E-state index in [0.717, 1.165) is 38.5 Å². The molecular weight excluding hydrogens is 362 g/mol. The van der Waals surface area contributed by atoms with Gasteiger partial charge in [-0.3, -0.25) is 9.59 Å². The van der Waals surface area contributed by atoms with Crippen molar-refractivity contribution >= 4 is 29.9 Å². The number of carbonyl (C=O) groups excluding carboxylic acids is 2. The van der Waals surface area contributed by atoms with Crippen LogP contribution in [0.4, 0.5) is 5.69 Å². The highest BCUT2D eigenvalue weighted by Crippen LogP contribution is 2.25. The Morgan fingerprint density at radius 2 is 1.74 bits per heavy atom. The number of hydrogen-bond donors (Lipinski definition) is 2. The van der Waals surface area contributed by atoms with Crippen molar-refractivity contribution in [3.8, 4) is 0 Å². The standard InChI is InChI=1S/C21H33N3O2.ClH/c1-24(17-11-5-4-6-12-17)21(26)18-13-8-9-14-19(18)23-20(25)15-7-2-3-10-16-22;/h8-9,13-14,17H,2-7,10-12,15-16,22H2,1H3,(H,23,25);1H. The van der Waals surface area contributed by atoms with Gasteiger partial charge in [-0.25, -0.2) is 0 Å². The molecule has 0 bridgehead atoms. The van der Waals surface area contributed by atoms with Crippen LogP contribution in [-0.4, -0.2) is 36.3 Å². The van der Waals surface area contributed by atoms with Crippen LogP contribution in [0.3, 0.4) is 0 Å². The molecule has 3 N–H and O–H groups in total. The van der Waals surface area contributed by atoms with Crippen molar-refractivity contribution in [2.45, 2.75) is 70.3 Å². The van der Waals surface area contributed by atoms with Gasteiger partial charge in [0, 0.05) is 19.5 Å². The highest BCUT2D eigenvalue weighted by Gasteiger charge is 2.24. The number of amides is 2. The maximum Gasteiger partial charge on any atom is 0.255 e. The van der Waals surface area contributed by atoms with Crippen molar-refractivity contribution in [1.29, 1.82) is 0 Å². The molecule has 6 heteroatoms. The zero-order valence-corrected chi connectivity index (χ0v) is 17.2. The van der Waals surface area contributed by atoms with Gasteiger partial charge in [-0.15, -0.1) is 12.4 Å². The third-order valence-electron chi connectivity index (χ3n) is 5.23. The van der Waals surface area contributed by atoms with Crippen LogP contribution in [-0.2, 0) is 4.79 Å². The lowest BCUT2D eigenvalue weighted by atomic mass is 9.94. The lowest BCUT2D eigenvalue weighted by Gasteiger charge is -2.31. The number of carbonyl (C=O) groups is 2. The van der Waals surface area contributed by atoms with Gasteiger partial charge in [-0.05, 0) is 44.4 Å². The fraction of sp³-hybridized carbons (Fsp3) is 0.619. The Labute approximate surface area is 169 Å². The molecule has 152 valence electrons. The van der Waals surface area contributed by atoms with Gasteiger partial charge in [0.15, 0.2) is 0 Å². The summed E-state index contributed by atoms with van der Waals surface area (Å²) in [6.07, 6.45) is 10.2. The Hall–Kier alpha value is -1.59. The molecule has 1 aliphatic rings. The molecule has 0 atom stereocenters. The number of anilines is 1.